The van der Waals surface area contributed by atoms with E-state index in [4.69, 9.17) is 10.4 Å². The second-order valence-corrected chi connectivity index (χ2v) is 3.88. The standard InChI is InChI=1S/C14H9N3O3/c15-7-9-2-1-3-11(6-9)17-13(18)10-4-5-12(14(19)20)16-8-10/h1-6,8H,(H,17,18)(H,19,20). The number of anilines is 1. The number of hydrogen-bond donors (Lipinski definition) is 2. The van der Waals surface area contributed by atoms with E-state index in [1.165, 1.54) is 24.4 Å². The monoisotopic (exact) mass is 267 g/mol. The third-order valence-corrected chi connectivity index (χ3v) is 2.49. The number of aromatic carboxylic acids is 1. The average Bonchev–Trinajstić information content (AvgIpc) is 2.47. The first-order valence-electron chi connectivity index (χ1n) is 5.61. The number of carbonyl (C=O) groups excluding carboxylic acids is 1. The largest absolute Gasteiger partial charge is 0.477 e. The number of carboxylic acid groups (broad SMARTS) is 1. The molecule has 0 bridgehead atoms. The van der Waals surface area contributed by atoms with Crippen molar-refractivity contribution in [2.24, 2.45) is 0 Å². The molecule has 0 spiro atoms. The smallest absolute Gasteiger partial charge is 0.354 e. The van der Waals surface area contributed by atoms with Gasteiger partial charge >= 0.3 is 5.97 Å². The minimum absolute atomic E-state index is 0.131. The van der Waals surface area contributed by atoms with Crippen LogP contribution in [0.25, 0.3) is 0 Å². The Morgan fingerprint density at radius 1 is 1.25 bits per heavy atom. The van der Waals surface area contributed by atoms with Crippen LogP contribution in [0.2, 0.25) is 0 Å². The molecule has 0 saturated heterocycles. The summed E-state index contributed by atoms with van der Waals surface area (Å²) in [5.41, 5.74) is 1.02. The van der Waals surface area contributed by atoms with Gasteiger partial charge in [-0.3, -0.25) is 4.79 Å². The van der Waals surface area contributed by atoms with Crippen molar-refractivity contribution in [3.8, 4) is 6.07 Å². The molecule has 1 aromatic heterocycles. The number of benzene rings is 1. The second-order valence-electron chi connectivity index (χ2n) is 3.88. The zero-order chi connectivity index (χ0) is 14.5. The highest BCUT2D eigenvalue weighted by Crippen LogP contribution is 2.11. The fourth-order valence-electron chi connectivity index (χ4n) is 1.52. The van der Waals surface area contributed by atoms with E-state index >= 15 is 0 Å². The number of amides is 1. The van der Waals surface area contributed by atoms with E-state index in [0.717, 1.165) is 0 Å². The van der Waals surface area contributed by atoms with Crippen LogP contribution in [-0.4, -0.2) is 22.0 Å². The van der Waals surface area contributed by atoms with Crippen LogP contribution < -0.4 is 5.32 Å². The number of nitrogens with zero attached hydrogens (tertiary/aromatic N) is 2. The van der Waals surface area contributed by atoms with E-state index in [-0.39, 0.29) is 11.3 Å². The topological polar surface area (TPSA) is 103 Å². The van der Waals surface area contributed by atoms with Gasteiger partial charge in [0.25, 0.3) is 5.91 Å². The maximum Gasteiger partial charge on any atom is 0.354 e. The Balaban J connectivity index is 2.15. The van der Waals surface area contributed by atoms with Crippen molar-refractivity contribution in [1.82, 2.24) is 4.98 Å². The van der Waals surface area contributed by atoms with Crippen LogP contribution in [0, 0.1) is 11.3 Å². The molecule has 0 atom stereocenters. The normalized spacial score (nSPS) is 9.55. The molecule has 20 heavy (non-hydrogen) atoms. The van der Waals surface area contributed by atoms with Gasteiger partial charge in [0, 0.05) is 11.9 Å². The summed E-state index contributed by atoms with van der Waals surface area (Å²) in [6.07, 6.45) is 1.19. The van der Waals surface area contributed by atoms with Gasteiger partial charge in [-0.25, -0.2) is 9.78 Å². The molecule has 1 amide bonds. The predicted octanol–water partition coefficient (Wildman–Crippen LogP) is 1.90. The minimum Gasteiger partial charge on any atom is -0.477 e. The van der Waals surface area contributed by atoms with E-state index in [1.54, 1.807) is 18.2 Å². The van der Waals surface area contributed by atoms with Crippen LogP contribution in [-0.2, 0) is 0 Å². The average molecular weight is 267 g/mol. The second kappa shape index (κ2) is 5.63. The molecule has 0 saturated carbocycles. The lowest BCUT2D eigenvalue weighted by molar-refractivity contribution is 0.0690. The van der Waals surface area contributed by atoms with Gasteiger partial charge in [-0.2, -0.15) is 5.26 Å². The van der Waals surface area contributed by atoms with Crippen molar-refractivity contribution in [2.45, 2.75) is 0 Å². The predicted molar refractivity (Wildman–Crippen MR) is 70.3 cm³/mol. The lowest BCUT2D eigenvalue weighted by atomic mass is 10.2. The Morgan fingerprint density at radius 2 is 2.05 bits per heavy atom. The van der Waals surface area contributed by atoms with Crippen molar-refractivity contribution in [1.29, 1.82) is 5.26 Å². The van der Waals surface area contributed by atoms with Crippen LogP contribution in [0.15, 0.2) is 42.6 Å². The van der Waals surface area contributed by atoms with Gasteiger partial charge in [0.2, 0.25) is 0 Å². The van der Waals surface area contributed by atoms with Crippen molar-refractivity contribution < 1.29 is 14.7 Å². The lowest BCUT2D eigenvalue weighted by Gasteiger charge is -2.05. The van der Waals surface area contributed by atoms with Crippen molar-refractivity contribution in [3.05, 3.63) is 59.4 Å². The first-order chi connectivity index (χ1) is 9.60. The third kappa shape index (κ3) is 2.97. The van der Waals surface area contributed by atoms with Gasteiger partial charge in [-0.15, -0.1) is 0 Å². The Morgan fingerprint density at radius 3 is 2.65 bits per heavy atom. The Hall–Kier alpha value is -3.20. The first kappa shape index (κ1) is 13.2. The maximum atomic E-state index is 11.9. The number of pyridine rings is 1. The summed E-state index contributed by atoms with van der Waals surface area (Å²) in [5, 5.41) is 20.1. The highest BCUT2D eigenvalue weighted by atomic mass is 16.4. The molecule has 1 heterocycles. The van der Waals surface area contributed by atoms with Crippen LogP contribution in [0.3, 0.4) is 0 Å². The molecule has 0 radical (unpaired) electrons. The summed E-state index contributed by atoms with van der Waals surface area (Å²) >= 11 is 0. The molecule has 6 nitrogen and oxygen atoms in total. The van der Waals surface area contributed by atoms with Gasteiger partial charge in [0.05, 0.1) is 17.2 Å². The summed E-state index contributed by atoms with van der Waals surface area (Å²) in [4.78, 5) is 26.2. The van der Waals surface area contributed by atoms with Gasteiger partial charge in [0.15, 0.2) is 0 Å². The fraction of sp³-hybridized carbons (Fsp3) is 0. The number of aromatic nitrogens is 1. The number of carboxylic acids is 1. The van der Waals surface area contributed by atoms with Crippen molar-refractivity contribution in [2.75, 3.05) is 5.32 Å². The molecule has 6 heteroatoms. The molecule has 98 valence electrons. The molecule has 1 aromatic carbocycles. The van der Waals surface area contributed by atoms with E-state index in [9.17, 15) is 9.59 Å². The minimum atomic E-state index is -1.15. The van der Waals surface area contributed by atoms with Crippen molar-refractivity contribution >= 4 is 17.6 Å². The number of rotatable bonds is 3. The van der Waals surface area contributed by atoms with E-state index in [2.05, 4.69) is 10.3 Å². The summed E-state index contributed by atoms with van der Waals surface area (Å²) in [6, 6.07) is 11.1. The summed E-state index contributed by atoms with van der Waals surface area (Å²) < 4.78 is 0. The van der Waals surface area contributed by atoms with Crippen LogP contribution in [0.1, 0.15) is 26.4 Å². The SMILES string of the molecule is N#Cc1cccc(NC(=O)c2ccc(C(=O)O)nc2)c1. The highest BCUT2D eigenvalue weighted by Gasteiger charge is 2.09. The molecule has 0 aliphatic carbocycles. The number of carbonyl (C=O) groups is 2. The first-order valence-corrected chi connectivity index (χ1v) is 5.61. The lowest BCUT2D eigenvalue weighted by Crippen LogP contribution is -2.13. The maximum absolute atomic E-state index is 11.9. The zero-order valence-electron chi connectivity index (χ0n) is 10.2. The van der Waals surface area contributed by atoms with Gasteiger partial charge in [-0.1, -0.05) is 6.07 Å². The van der Waals surface area contributed by atoms with Gasteiger partial charge in [-0.05, 0) is 30.3 Å². The van der Waals surface area contributed by atoms with Gasteiger partial charge in [0.1, 0.15) is 5.69 Å². The molecule has 2 rings (SSSR count). The van der Waals surface area contributed by atoms with E-state index in [1.807, 2.05) is 6.07 Å². The fourth-order valence-corrected chi connectivity index (χ4v) is 1.52. The molecule has 2 N–H and O–H groups in total. The quantitative estimate of drug-likeness (QED) is 0.884. The summed E-state index contributed by atoms with van der Waals surface area (Å²) in [5.74, 6) is -1.58. The summed E-state index contributed by atoms with van der Waals surface area (Å²) in [6.45, 7) is 0. The van der Waals surface area contributed by atoms with Crippen LogP contribution >= 0.6 is 0 Å². The zero-order valence-corrected chi connectivity index (χ0v) is 10.2. The van der Waals surface area contributed by atoms with E-state index in [0.29, 0.717) is 11.3 Å². The Bertz CT molecular complexity index is 702. The molecular weight excluding hydrogens is 258 g/mol. The number of hydrogen-bond acceptors (Lipinski definition) is 4. The Labute approximate surface area is 114 Å². The molecular formula is C14H9N3O3. The number of nitriles is 1. The highest BCUT2D eigenvalue weighted by molar-refractivity contribution is 6.04. The third-order valence-electron chi connectivity index (χ3n) is 2.49. The van der Waals surface area contributed by atoms with E-state index < -0.39 is 11.9 Å². The van der Waals surface area contributed by atoms with Crippen LogP contribution in [0.4, 0.5) is 5.69 Å². The Kier molecular flexibility index (Phi) is 3.72. The molecule has 0 aliphatic rings. The van der Waals surface area contributed by atoms with Crippen LogP contribution in [0.5, 0.6) is 0 Å². The molecule has 0 aliphatic heterocycles. The van der Waals surface area contributed by atoms with Crippen molar-refractivity contribution in [3.63, 3.8) is 0 Å². The summed E-state index contributed by atoms with van der Waals surface area (Å²) in [7, 11) is 0. The number of nitrogens with one attached hydrogen (secondary N) is 1. The molecule has 0 unspecified atom stereocenters. The molecule has 0 fully saturated rings. The van der Waals surface area contributed by atoms with Gasteiger partial charge < -0.3 is 10.4 Å². The molecule has 2 aromatic rings.